The molecule has 1 heteroatoms. The first-order chi connectivity index (χ1) is 12.8. The van der Waals surface area contributed by atoms with Gasteiger partial charge in [-0.2, -0.15) is 0 Å². The molecule has 0 N–H and O–H groups in total. The maximum Gasteiger partial charge on any atom is 0.194 e. The second kappa shape index (κ2) is 4.80. The Morgan fingerprint density at radius 1 is 0.462 bits per heavy atom. The highest BCUT2D eigenvalue weighted by Crippen LogP contribution is 2.44. The third-order valence-corrected chi connectivity index (χ3v) is 5.57. The predicted molar refractivity (Wildman–Crippen MR) is 108 cm³/mol. The van der Waals surface area contributed by atoms with E-state index < -0.39 is 0 Å². The molecule has 0 atom stereocenters. The van der Waals surface area contributed by atoms with Crippen molar-refractivity contribution >= 4 is 38.1 Å². The smallest absolute Gasteiger partial charge is 0.194 e. The van der Waals surface area contributed by atoms with Crippen LogP contribution in [0, 0.1) is 0 Å². The van der Waals surface area contributed by atoms with Gasteiger partial charge in [-0.25, -0.2) is 0 Å². The molecule has 0 bridgehead atoms. The zero-order chi connectivity index (χ0) is 17.3. The molecular formula is C25H14O. The number of carbonyl (C=O) groups excluding carboxylic acids is 1. The summed E-state index contributed by atoms with van der Waals surface area (Å²) in [5.74, 6) is 0.135. The van der Waals surface area contributed by atoms with Gasteiger partial charge in [-0.1, -0.05) is 66.7 Å². The van der Waals surface area contributed by atoms with E-state index in [0.29, 0.717) is 0 Å². The summed E-state index contributed by atoms with van der Waals surface area (Å²) in [4.78, 5) is 13.0. The molecule has 0 amide bonds. The second-order valence-corrected chi connectivity index (χ2v) is 6.94. The Labute approximate surface area is 150 Å². The highest BCUT2D eigenvalue weighted by Gasteiger charge is 2.28. The molecule has 0 unspecified atom stereocenters. The Morgan fingerprint density at radius 3 is 1.92 bits per heavy atom. The first-order valence-corrected chi connectivity index (χ1v) is 8.83. The first kappa shape index (κ1) is 13.8. The molecule has 0 saturated heterocycles. The summed E-state index contributed by atoms with van der Waals surface area (Å²) in [7, 11) is 0. The summed E-state index contributed by atoms with van der Waals surface area (Å²) in [6, 6.07) is 29.3. The average molecular weight is 330 g/mol. The van der Waals surface area contributed by atoms with E-state index in [1.807, 2.05) is 24.3 Å². The SMILES string of the molecule is O=C1c2cc3ccccc3cc2-c2c1ccc1c2ccc2ccccc21. The molecular weight excluding hydrogens is 316 g/mol. The highest BCUT2D eigenvalue weighted by atomic mass is 16.1. The average Bonchev–Trinajstić information content (AvgIpc) is 2.98. The Kier molecular flexibility index (Phi) is 2.55. The molecule has 0 aromatic heterocycles. The predicted octanol–water partition coefficient (Wildman–Crippen LogP) is 6.36. The van der Waals surface area contributed by atoms with Crippen molar-refractivity contribution in [2.45, 2.75) is 0 Å². The van der Waals surface area contributed by atoms with Gasteiger partial charge >= 0.3 is 0 Å². The largest absolute Gasteiger partial charge is 0.289 e. The Bertz CT molecular complexity index is 1390. The highest BCUT2D eigenvalue weighted by molar-refractivity contribution is 6.28. The second-order valence-electron chi connectivity index (χ2n) is 6.94. The zero-order valence-corrected chi connectivity index (χ0v) is 14.0. The molecule has 0 aliphatic heterocycles. The van der Waals surface area contributed by atoms with Crippen molar-refractivity contribution in [1.29, 1.82) is 0 Å². The van der Waals surface area contributed by atoms with Gasteiger partial charge in [-0.3, -0.25) is 4.79 Å². The van der Waals surface area contributed by atoms with Crippen LogP contribution in [0.15, 0.2) is 84.9 Å². The molecule has 5 aromatic carbocycles. The van der Waals surface area contributed by atoms with Crippen LogP contribution in [0.4, 0.5) is 0 Å². The minimum atomic E-state index is 0.135. The van der Waals surface area contributed by atoms with Gasteiger partial charge in [0.2, 0.25) is 0 Å². The summed E-state index contributed by atoms with van der Waals surface area (Å²) < 4.78 is 0. The van der Waals surface area contributed by atoms with Gasteiger partial charge in [0.15, 0.2) is 5.78 Å². The fourth-order valence-electron chi connectivity index (χ4n) is 4.35. The van der Waals surface area contributed by atoms with Crippen LogP contribution in [0.5, 0.6) is 0 Å². The summed E-state index contributed by atoms with van der Waals surface area (Å²) in [6.45, 7) is 0. The maximum absolute atomic E-state index is 13.0. The van der Waals surface area contributed by atoms with E-state index in [4.69, 9.17) is 0 Å². The Morgan fingerprint density at radius 2 is 1.12 bits per heavy atom. The third-order valence-electron chi connectivity index (χ3n) is 5.57. The number of hydrogen-bond acceptors (Lipinski definition) is 1. The van der Waals surface area contributed by atoms with Crippen molar-refractivity contribution in [3.63, 3.8) is 0 Å². The van der Waals surface area contributed by atoms with E-state index in [1.165, 1.54) is 21.5 Å². The Balaban J connectivity index is 1.79. The maximum atomic E-state index is 13.0. The lowest BCUT2D eigenvalue weighted by Crippen LogP contribution is -1.94. The van der Waals surface area contributed by atoms with E-state index in [0.717, 1.165) is 33.0 Å². The van der Waals surface area contributed by atoms with Gasteiger partial charge in [0.05, 0.1) is 0 Å². The topological polar surface area (TPSA) is 17.1 Å². The van der Waals surface area contributed by atoms with Gasteiger partial charge in [0, 0.05) is 16.7 Å². The zero-order valence-electron chi connectivity index (χ0n) is 14.0. The summed E-state index contributed by atoms with van der Waals surface area (Å²) in [6.07, 6.45) is 0. The quantitative estimate of drug-likeness (QED) is 0.296. The van der Waals surface area contributed by atoms with Gasteiger partial charge in [-0.05, 0) is 56.1 Å². The van der Waals surface area contributed by atoms with E-state index in [9.17, 15) is 4.79 Å². The molecule has 26 heavy (non-hydrogen) atoms. The molecule has 0 spiro atoms. The van der Waals surface area contributed by atoms with Gasteiger partial charge in [0.25, 0.3) is 0 Å². The molecule has 0 saturated carbocycles. The van der Waals surface area contributed by atoms with Crippen molar-refractivity contribution in [1.82, 2.24) is 0 Å². The summed E-state index contributed by atoms with van der Waals surface area (Å²) >= 11 is 0. The fraction of sp³-hybridized carbons (Fsp3) is 0. The molecule has 0 radical (unpaired) electrons. The normalized spacial score (nSPS) is 12.7. The van der Waals surface area contributed by atoms with Crippen LogP contribution in [0.3, 0.4) is 0 Å². The van der Waals surface area contributed by atoms with Crippen molar-refractivity contribution in [2.75, 3.05) is 0 Å². The van der Waals surface area contributed by atoms with E-state index in [-0.39, 0.29) is 5.78 Å². The van der Waals surface area contributed by atoms with Crippen molar-refractivity contribution in [2.24, 2.45) is 0 Å². The van der Waals surface area contributed by atoms with E-state index >= 15 is 0 Å². The lowest BCUT2D eigenvalue weighted by molar-refractivity contribution is 0.104. The molecule has 0 fully saturated rings. The van der Waals surface area contributed by atoms with E-state index in [1.54, 1.807) is 0 Å². The minimum Gasteiger partial charge on any atom is -0.289 e. The van der Waals surface area contributed by atoms with Gasteiger partial charge in [-0.15, -0.1) is 0 Å². The molecule has 5 aromatic rings. The molecule has 1 nitrogen and oxygen atoms in total. The number of benzene rings is 5. The molecule has 120 valence electrons. The van der Waals surface area contributed by atoms with Crippen molar-refractivity contribution in [3.05, 3.63) is 96.1 Å². The molecule has 1 aliphatic rings. The number of carbonyl (C=O) groups is 1. The van der Waals surface area contributed by atoms with Crippen LogP contribution >= 0.6 is 0 Å². The van der Waals surface area contributed by atoms with Crippen LogP contribution in [0.2, 0.25) is 0 Å². The molecule has 1 aliphatic carbocycles. The summed E-state index contributed by atoms with van der Waals surface area (Å²) in [5, 5.41) is 7.10. The first-order valence-electron chi connectivity index (χ1n) is 8.83. The number of fused-ring (bicyclic) bond motifs is 8. The van der Waals surface area contributed by atoms with Crippen LogP contribution in [0.25, 0.3) is 43.4 Å². The van der Waals surface area contributed by atoms with Gasteiger partial charge < -0.3 is 0 Å². The van der Waals surface area contributed by atoms with Gasteiger partial charge in [0.1, 0.15) is 0 Å². The monoisotopic (exact) mass is 330 g/mol. The number of ketones is 1. The third kappa shape index (κ3) is 1.67. The van der Waals surface area contributed by atoms with Crippen LogP contribution in [0.1, 0.15) is 15.9 Å². The van der Waals surface area contributed by atoms with Crippen LogP contribution in [-0.2, 0) is 0 Å². The van der Waals surface area contributed by atoms with E-state index in [2.05, 4.69) is 60.7 Å². The lowest BCUT2D eigenvalue weighted by atomic mass is 9.93. The van der Waals surface area contributed by atoms with Crippen LogP contribution in [-0.4, -0.2) is 5.78 Å². The lowest BCUT2D eigenvalue weighted by Gasteiger charge is -2.09. The molecule has 6 rings (SSSR count). The van der Waals surface area contributed by atoms with Crippen molar-refractivity contribution in [3.8, 4) is 11.1 Å². The van der Waals surface area contributed by atoms with Crippen LogP contribution < -0.4 is 0 Å². The number of rotatable bonds is 0. The fourth-order valence-corrected chi connectivity index (χ4v) is 4.35. The Hall–Kier alpha value is -3.45. The number of hydrogen-bond donors (Lipinski definition) is 0. The van der Waals surface area contributed by atoms with Crippen molar-refractivity contribution < 1.29 is 4.79 Å². The standard InChI is InChI=1S/C25H14O/c26-25-21-12-11-19-18-8-4-3-5-15(18)9-10-20(19)24(21)22-13-16-6-1-2-7-17(16)14-23(22)25/h1-14H. The summed E-state index contributed by atoms with van der Waals surface area (Å²) in [5.41, 5.74) is 3.78. The molecule has 0 heterocycles. The minimum absolute atomic E-state index is 0.135.